The summed E-state index contributed by atoms with van der Waals surface area (Å²) in [5.74, 6) is -0.109. The second-order valence-electron chi connectivity index (χ2n) is 9.72. The predicted octanol–water partition coefficient (Wildman–Crippen LogP) is 3.59. The quantitative estimate of drug-likeness (QED) is 0.529. The first kappa shape index (κ1) is 23.5. The van der Waals surface area contributed by atoms with Gasteiger partial charge in [-0.1, -0.05) is 30.7 Å². The van der Waals surface area contributed by atoms with E-state index in [9.17, 15) is 14.4 Å². The largest absolute Gasteiger partial charge is 0.351 e. The van der Waals surface area contributed by atoms with E-state index in [-0.39, 0.29) is 48.1 Å². The summed E-state index contributed by atoms with van der Waals surface area (Å²) in [5, 5.41) is 8.82. The minimum absolute atomic E-state index is 0.0431. The molecule has 8 nitrogen and oxygen atoms in total. The summed E-state index contributed by atoms with van der Waals surface area (Å²) >= 11 is 6.12. The maximum absolute atomic E-state index is 13.5. The third-order valence-corrected chi connectivity index (χ3v) is 7.54. The molecule has 2 aliphatic rings. The SMILES string of the molecule is CC(=O)c1nn(CC(=O)N2[C@H](C)[C@H](C)C[C@H]2C(=O)N[C@H]2C[C@@H]2c2cccc(Cl)c2)c2ncccc12. The Bertz CT molecular complexity index is 1320. The number of carbonyl (C=O) groups is 3. The van der Waals surface area contributed by atoms with E-state index < -0.39 is 6.04 Å². The molecule has 182 valence electrons. The van der Waals surface area contributed by atoms with Crippen LogP contribution >= 0.6 is 11.6 Å². The fourth-order valence-corrected chi connectivity index (χ4v) is 5.38. The van der Waals surface area contributed by atoms with Crippen molar-refractivity contribution in [3.63, 3.8) is 0 Å². The Hall–Kier alpha value is -3.26. The molecule has 9 heteroatoms. The molecule has 3 heterocycles. The van der Waals surface area contributed by atoms with Gasteiger partial charge in [0.05, 0.1) is 5.39 Å². The van der Waals surface area contributed by atoms with E-state index in [1.165, 1.54) is 11.6 Å². The monoisotopic (exact) mass is 493 g/mol. The molecule has 1 aliphatic heterocycles. The number of benzene rings is 1. The van der Waals surface area contributed by atoms with Gasteiger partial charge in [0.2, 0.25) is 11.8 Å². The van der Waals surface area contributed by atoms with E-state index in [2.05, 4.69) is 22.3 Å². The Morgan fingerprint density at radius 3 is 2.69 bits per heavy atom. The molecule has 35 heavy (non-hydrogen) atoms. The van der Waals surface area contributed by atoms with Crippen molar-refractivity contribution >= 4 is 40.2 Å². The van der Waals surface area contributed by atoms with E-state index in [0.717, 1.165) is 12.0 Å². The van der Waals surface area contributed by atoms with Crippen molar-refractivity contribution < 1.29 is 14.4 Å². The van der Waals surface area contributed by atoms with Crippen LogP contribution in [0.3, 0.4) is 0 Å². The van der Waals surface area contributed by atoms with Gasteiger partial charge in [-0.3, -0.25) is 14.4 Å². The molecule has 2 amide bonds. The van der Waals surface area contributed by atoms with Gasteiger partial charge in [-0.25, -0.2) is 9.67 Å². The number of fused-ring (bicyclic) bond motifs is 1. The lowest BCUT2D eigenvalue weighted by atomic mass is 10.0. The van der Waals surface area contributed by atoms with Crippen LogP contribution in [0.4, 0.5) is 0 Å². The van der Waals surface area contributed by atoms with Gasteiger partial charge in [-0.05, 0) is 55.5 Å². The van der Waals surface area contributed by atoms with Gasteiger partial charge in [0, 0.05) is 36.1 Å². The minimum atomic E-state index is -0.546. The molecule has 0 bridgehead atoms. The number of pyridine rings is 1. The summed E-state index contributed by atoms with van der Waals surface area (Å²) in [6, 6.07) is 10.6. The average Bonchev–Trinajstić information content (AvgIpc) is 3.39. The van der Waals surface area contributed by atoms with Crippen molar-refractivity contribution in [2.45, 2.75) is 64.2 Å². The summed E-state index contributed by atoms with van der Waals surface area (Å²) in [6.45, 7) is 5.39. The number of carbonyl (C=O) groups excluding carboxylic acids is 3. The van der Waals surface area contributed by atoms with Crippen LogP contribution in [0.2, 0.25) is 5.02 Å². The Labute approximate surface area is 208 Å². The predicted molar refractivity (Wildman–Crippen MR) is 132 cm³/mol. The maximum atomic E-state index is 13.5. The summed E-state index contributed by atoms with van der Waals surface area (Å²) in [6.07, 6.45) is 3.07. The van der Waals surface area contributed by atoms with Crippen molar-refractivity contribution in [1.29, 1.82) is 0 Å². The van der Waals surface area contributed by atoms with Crippen molar-refractivity contribution in [1.82, 2.24) is 25.0 Å². The summed E-state index contributed by atoms with van der Waals surface area (Å²) < 4.78 is 1.47. The molecule has 1 aliphatic carbocycles. The zero-order chi connectivity index (χ0) is 24.9. The smallest absolute Gasteiger partial charge is 0.245 e. The minimum Gasteiger partial charge on any atom is -0.351 e. The lowest BCUT2D eigenvalue weighted by Crippen LogP contribution is -2.50. The van der Waals surface area contributed by atoms with Crippen LogP contribution in [0.5, 0.6) is 0 Å². The number of hydrogen-bond donors (Lipinski definition) is 1. The second-order valence-corrected chi connectivity index (χ2v) is 10.2. The number of likely N-dealkylation sites (tertiary alicyclic amines) is 1. The van der Waals surface area contributed by atoms with Gasteiger partial charge in [0.15, 0.2) is 11.4 Å². The van der Waals surface area contributed by atoms with Crippen molar-refractivity contribution in [2.24, 2.45) is 5.92 Å². The van der Waals surface area contributed by atoms with Gasteiger partial charge in [-0.2, -0.15) is 5.10 Å². The number of Topliss-reactive ketones (excluding diaryl/α,β-unsaturated/α-hetero) is 1. The fraction of sp³-hybridized carbons (Fsp3) is 0.423. The van der Waals surface area contributed by atoms with Crippen LogP contribution in [0.25, 0.3) is 11.0 Å². The van der Waals surface area contributed by atoms with Crippen LogP contribution in [0.15, 0.2) is 42.6 Å². The van der Waals surface area contributed by atoms with Gasteiger partial charge < -0.3 is 10.2 Å². The molecular weight excluding hydrogens is 466 g/mol. The highest BCUT2D eigenvalue weighted by atomic mass is 35.5. The molecule has 2 fully saturated rings. The average molecular weight is 494 g/mol. The van der Waals surface area contributed by atoms with E-state index in [0.29, 0.717) is 28.2 Å². The fourth-order valence-electron chi connectivity index (χ4n) is 5.18. The van der Waals surface area contributed by atoms with E-state index in [4.69, 9.17) is 11.6 Å². The highest BCUT2D eigenvalue weighted by Gasteiger charge is 2.46. The molecule has 1 N–H and O–H groups in total. The van der Waals surface area contributed by atoms with Crippen LogP contribution in [0.1, 0.15) is 55.6 Å². The molecule has 0 spiro atoms. The molecule has 1 saturated heterocycles. The Morgan fingerprint density at radius 1 is 1.14 bits per heavy atom. The molecular formula is C26H28ClN5O3. The van der Waals surface area contributed by atoms with Crippen LogP contribution < -0.4 is 5.32 Å². The molecule has 0 unspecified atom stereocenters. The lowest BCUT2D eigenvalue weighted by molar-refractivity contribution is -0.140. The summed E-state index contributed by atoms with van der Waals surface area (Å²) in [4.78, 5) is 44.8. The van der Waals surface area contributed by atoms with Gasteiger partial charge in [-0.15, -0.1) is 0 Å². The standard InChI is InChI=1S/C26H28ClN5O3/c1-14-10-22(26(35)29-21-12-20(21)17-6-4-7-18(27)11-17)32(15(14)2)23(34)13-31-25-19(8-5-9-28-25)24(30-31)16(3)33/h4-9,11,14-15,20-22H,10,12-13H2,1-3H3,(H,29,35)/t14-,15-,20-,21+,22+/m1/s1. The van der Waals surface area contributed by atoms with Crippen LogP contribution in [-0.2, 0) is 16.1 Å². The number of ketones is 1. The maximum Gasteiger partial charge on any atom is 0.245 e. The lowest BCUT2D eigenvalue weighted by Gasteiger charge is -2.28. The van der Waals surface area contributed by atoms with Gasteiger partial charge in [0.25, 0.3) is 0 Å². The van der Waals surface area contributed by atoms with Crippen molar-refractivity contribution in [3.05, 3.63) is 58.9 Å². The first-order valence-corrected chi connectivity index (χ1v) is 12.3. The molecule has 5 atom stereocenters. The van der Waals surface area contributed by atoms with Crippen LogP contribution in [-0.4, -0.2) is 55.4 Å². The number of aromatic nitrogens is 3. The molecule has 2 aromatic heterocycles. The van der Waals surface area contributed by atoms with E-state index >= 15 is 0 Å². The Balaban J connectivity index is 1.32. The summed E-state index contributed by atoms with van der Waals surface area (Å²) in [7, 11) is 0. The molecule has 0 radical (unpaired) electrons. The zero-order valence-electron chi connectivity index (χ0n) is 19.9. The number of amides is 2. The van der Waals surface area contributed by atoms with E-state index in [1.807, 2.05) is 31.2 Å². The Morgan fingerprint density at radius 2 is 1.94 bits per heavy atom. The zero-order valence-corrected chi connectivity index (χ0v) is 20.7. The molecule has 1 aromatic carbocycles. The number of rotatable bonds is 6. The van der Waals surface area contributed by atoms with Gasteiger partial charge >= 0.3 is 0 Å². The number of nitrogens with zero attached hydrogens (tertiary/aromatic N) is 4. The van der Waals surface area contributed by atoms with Crippen molar-refractivity contribution in [3.8, 4) is 0 Å². The highest BCUT2D eigenvalue weighted by molar-refractivity contribution is 6.30. The number of nitrogens with one attached hydrogen (secondary N) is 1. The van der Waals surface area contributed by atoms with Crippen molar-refractivity contribution in [2.75, 3.05) is 0 Å². The first-order valence-electron chi connectivity index (χ1n) is 11.9. The third-order valence-electron chi connectivity index (χ3n) is 7.30. The Kier molecular flexibility index (Phi) is 6.09. The molecule has 3 aromatic rings. The third kappa shape index (κ3) is 4.43. The second kappa shape index (κ2) is 9.07. The number of halogens is 1. The first-order chi connectivity index (χ1) is 16.7. The van der Waals surface area contributed by atoms with E-state index in [1.54, 1.807) is 23.2 Å². The highest BCUT2D eigenvalue weighted by Crippen LogP contribution is 2.42. The van der Waals surface area contributed by atoms with Crippen LogP contribution in [0, 0.1) is 5.92 Å². The van der Waals surface area contributed by atoms with Gasteiger partial charge in [0.1, 0.15) is 18.3 Å². The summed E-state index contributed by atoms with van der Waals surface area (Å²) in [5.41, 5.74) is 1.89. The number of hydrogen-bond acceptors (Lipinski definition) is 5. The molecule has 5 rings (SSSR count). The normalized spacial score (nSPS) is 25.6. The topological polar surface area (TPSA) is 97.2 Å². The molecule has 1 saturated carbocycles.